The number of halogens is 1. The first-order valence-corrected chi connectivity index (χ1v) is 5.95. The number of ether oxygens (including phenoxy) is 1. The molecule has 1 aromatic carbocycles. The maximum Gasteiger partial charge on any atom is 0.220 e. The predicted molar refractivity (Wildman–Crippen MR) is 67.8 cm³/mol. The van der Waals surface area contributed by atoms with Crippen molar-refractivity contribution in [2.45, 2.75) is 13.3 Å². The molecule has 1 aromatic heterocycles. The van der Waals surface area contributed by atoms with E-state index < -0.39 is 0 Å². The van der Waals surface area contributed by atoms with Crippen molar-refractivity contribution in [3.05, 3.63) is 52.6 Å². The summed E-state index contributed by atoms with van der Waals surface area (Å²) in [5, 5.41) is 0. The molecule has 0 aliphatic carbocycles. The number of aryl methyl sites for hydroxylation is 1. The highest BCUT2D eigenvalue weighted by molar-refractivity contribution is 9.10. The quantitative estimate of drug-likeness (QED) is 0.839. The second-order valence-electron chi connectivity index (χ2n) is 3.42. The molecule has 0 unspecified atom stereocenters. The van der Waals surface area contributed by atoms with Crippen molar-refractivity contribution >= 4 is 15.9 Å². The van der Waals surface area contributed by atoms with Crippen molar-refractivity contribution in [3.8, 4) is 11.6 Å². The molecule has 0 atom stereocenters. The van der Waals surface area contributed by atoms with Gasteiger partial charge in [-0.15, -0.1) is 0 Å². The van der Waals surface area contributed by atoms with Crippen LogP contribution in [0.25, 0.3) is 0 Å². The smallest absolute Gasteiger partial charge is 0.220 e. The molecule has 0 bridgehead atoms. The number of rotatable bonds is 3. The number of aromatic nitrogens is 1. The van der Waals surface area contributed by atoms with Gasteiger partial charge in [0.15, 0.2) is 0 Å². The van der Waals surface area contributed by atoms with Crippen molar-refractivity contribution in [1.82, 2.24) is 4.98 Å². The highest BCUT2D eigenvalue weighted by Crippen LogP contribution is 2.22. The fourth-order valence-corrected chi connectivity index (χ4v) is 1.70. The summed E-state index contributed by atoms with van der Waals surface area (Å²) in [5.41, 5.74) is 1.26. The second kappa shape index (κ2) is 5.12. The lowest BCUT2D eigenvalue weighted by molar-refractivity contribution is 0.462. The maximum atomic E-state index is 5.66. The summed E-state index contributed by atoms with van der Waals surface area (Å²) in [5.74, 6) is 1.42. The Balaban J connectivity index is 2.20. The van der Waals surface area contributed by atoms with Crippen LogP contribution >= 0.6 is 15.9 Å². The number of pyridine rings is 1. The first-order chi connectivity index (χ1) is 7.78. The topological polar surface area (TPSA) is 22.1 Å². The van der Waals surface area contributed by atoms with Crippen molar-refractivity contribution in [1.29, 1.82) is 0 Å². The van der Waals surface area contributed by atoms with Gasteiger partial charge in [0.05, 0.1) is 0 Å². The molecule has 2 rings (SSSR count). The third-order valence-corrected chi connectivity index (χ3v) is 2.72. The summed E-state index contributed by atoms with van der Waals surface area (Å²) < 4.78 is 6.62. The van der Waals surface area contributed by atoms with Gasteiger partial charge in [0.25, 0.3) is 0 Å². The maximum absolute atomic E-state index is 5.66. The Morgan fingerprint density at radius 2 is 2.12 bits per heavy atom. The highest BCUT2D eigenvalue weighted by Gasteiger charge is 1.99. The predicted octanol–water partition coefficient (Wildman–Crippen LogP) is 4.20. The van der Waals surface area contributed by atoms with Gasteiger partial charge in [-0.05, 0) is 30.2 Å². The molecule has 2 nitrogen and oxygen atoms in total. The molecule has 0 aliphatic heterocycles. The van der Waals surface area contributed by atoms with Crippen molar-refractivity contribution < 1.29 is 4.74 Å². The summed E-state index contributed by atoms with van der Waals surface area (Å²) in [6.45, 7) is 2.12. The molecule has 2 aromatic rings. The van der Waals surface area contributed by atoms with Gasteiger partial charge >= 0.3 is 0 Å². The van der Waals surface area contributed by atoms with Crippen LogP contribution < -0.4 is 4.74 Å². The lowest BCUT2D eigenvalue weighted by Crippen LogP contribution is -1.88. The minimum Gasteiger partial charge on any atom is -0.439 e. The molecule has 0 fully saturated rings. The van der Waals surface area contributed by atoms with E-state index in [1.165, 1.54) is 5.56 Å². The van der Waals surface area contributed by atoms with Crippen LogP contribution in [0.4, 0.5) is 0 Å². The minimum absolute atomic E-state index is 0.600. The lowest BCUT2D eigenvalue weighted by Gasteiger charge is -2.05. The molecule has 82 valence electrons. The Bertz CT molecular complexity index is 485. The molecule has 0 amide bonds. The van der Waals surface area contributed by atoms with E-state index in [2.05, 4.69) is 33.9 Å². The van der Waals surface area contributed by atoms with Crippen LogP contribution in [0.5, 0.6) is 11.6 Å². The molecule has 0 aliphatic rings. The van der Waals surface area contributed by atoms with E-state index in [1.54, 1.807) is 6.20 Å². The van der Waals surface area contributed by atoms with Crippen LogP contribution in [0.3, 0.4) is 0 Å². The van der Waals surface area contributed by atoms with Gasteiger partial charge in [0.2, 0.25) is 5.88 Å². The standard InChI is InChI=1S/C13H12BrNO/c1-2-10-4-3-5-12(8-10)16-13-9-11(14)6-7-15-13/h3-9H,2H2,1H3. The Kier molecular flexibility index (Phi) is 3.57. The number of benzene rings is 1. The van der Waals surface area contributed by atoms with Gasteiger partial charge in [0.1, 0.15) is 5.75 Å². The van der Waals surface area contributed by atoms with E-state index in [9.17, 15) is 0 Å². The van der Waals surface area contributed by atoms with Gasteiger partial charge in [-0.2, -0.15) is 0 Å². The minimum atomic E-state index is 0.600. The van der Waals surface area contributed by atoms with Gasteiger partial charge < -0.3 is 4.74 Å². The van der Waals surface area contributed by atoms with E-state index in [1.807, 2.05) is 30.3 Å². The number of hydrogen-bond donors (Lipinski definition) is 0. The van der Waals surface area contributed by atoms with Gasteiger partial charge in [0, 0.05) is 16.7 Å². The zero-order chi connectivity index (χ0) is 11.4. The molecule has 1 heterocycles. The molecule has 0 saturated carbocycles. The van der Waals surface area contributed by atoms with Crippen LogP contribution in [-0.4, -0.2) is 4.98 Å². The summed E-state index contributed by atoms with van der Waals surface area (Å²) >= 11 is 3.38. The fourth-order valence-electron chi connectivity index (χ4n) is 1.39. The van der Waals surface area contributed by atoms with Gasteiger partial charge in [-0.25, -0.2) is 4.98 Å². The number of nitrogens with zero attached hydrogens (tertiary/aromatic N) is 1. The summed E-state index contributed by atoms with van der Waals surface area (Å²) in [6, 6.07) is 11.8. The van der Waals surface area contributed by atoms with Crippen molar-refractivity contribution in [3.63, 3.8) is 0 Å². The third kappa shape index (κ3) is 2.83. The molecule has 0 saturated heterocycles. The van der Waals surface area contributed by atoms with Crippen LogP contribution in [0.15, 0.2) is 47.1 Å². The normalized spacial score (nSPS) is 10.1. The summed E-state index contributed by atoms with van der Waals surface area (Å²) in [4.78, 5) is 4.14. The Labute approximate surface area is 103 Å². The molecule has 0 spiro atoms. The number of hydrogen-bond acceptors (Lipinski definition) is 2. The fraction of sp³-hybridized carbons (Fsp3) is 0.154. The van der Waals surface area contributed by atoms with Crippen LogP contribution in [0, 0.1) is 0 Å². The lowest BCUT2D eigenvalue weighted by atomic mass is 10.2. The van der Waals surface area contributed by atoms with Crippen LogP contribution in [0.1, 0.15) is 12.5 Å². The second-order valence-corrected chi connectivity index (χ2v) is 4.33. The largest absolute Gasteiger partial charge is 0.439 e. The Hall–Kier alpha value is -1.35. The molecular weight excluding hydrogens is 266 g/mol. The van der Waals surface area contributed by atoms with E-state index in [-0.39, 0.29) is 0 Å². The third-order valence-electron chi connectivity index (χ3n) is 2.23. The van der Waals surface area contributed by atoms with E-state index in [0.29, 0.717) is 5.88 Å². The first kappa shape index (κ1) is 11.1. The zero-order valence-electron chi connectivity index (χ0n) is 8.98. The average molecular weight is 278 g/mol. The Morgan fingerprint density at radius 1 is 1.25 bits per heavy atom. The molecule has 3 heteroatoms. The SMILES string of the molecule is CCc1cccc(Oc2cc(Br)ccn2)c1. The van der Waals surface area contributed by atoms with E-state index in [0.717, 1.165) is 16.6 Å². The highest BCUT2D eigenvalue weighted by atomic mass is 79.9. The molecule has 0 radical (unpaired) electrons. The van der Waals surface area contributed by atoms with Gasteiger partial charge in [-0.1, -0.05) is 35.0 Å². The summed E-state index contributed by atoms with van der Waals surface area (Å²) in [7, 11) is 0. The molecule has 0 N–H and O–H groups in total. The molecule has 16 heavy (non-hydrogen) atoms. The van der Waals surface area contributed by atoms with Crippen molar-refractivity contribution in [2.75, 3.05) is 0 Å². The van der Waals surface area contributed by atoms with Crippen LogP contribution in [-0.2, 0) is 6.42 Å². The summed E-state index contributed by atoms with van der Waals surface area (Å²) in [6.07, 6.45) is 2.71. The monoisotopic (exact) mass is 277 g/mol. The van der Waals surface area contributed by atoms with E-state index in [4.69, 9.17) is 4.74 Å². The van der Waals surface area contributed by atoms with Crippen molar-refractivity contribution in [2.24, 2.45) is 0 Å². The van der Waals surface area contributed by atoms with E-state index >= 15 is 0 Å². The Morgan fingerprint density at radius 3 is 2.88 bits per heavy atom. The van der Waals surface area contributed by atoms with Crippen LogP contribution in [0.2, 0.25) is 0 Å². The molecular formula is C13H12BrNO. The average Bonchev–Trinajstić information content (AvgIpc) is 2.29. The van der Waals surface area contributed by atoms with Gasteiger partial charge in [-0.3, -0.25) is 0 Å². The zero-order valence-corrected chi connectivity index (χ0v) is 10.6. The first-order valence-electron chi connectivity index (χ1n) is 5.16.